The van der Waals surface area contributed by atoms with Crippen molar-refractivity contribution in [1.82, 2.24) is 0 Å². The Morgan fingerprint density at radius 3 is 1.33 bits per heavy atom. The standard InChI is InChI=1S/C37H32O5/c1-24(38)42-37-32-17-8-18-33(37)22-29-14-6-12-27(35(29)40)20-31-16-7-15-30(19-26-11-5-13-28(21-32)34(26)39)36(31)41-23-25-9-3-2-4-10-25/h2-18,39-40H,19-23H2,1H3. The van der Waals surface area contributed by atoms with Gasteiger partial charge in [-0.15, -0.1) is 0 Å². The molecule has 0 heterocycles. The van der Waals surface area contributed by atoms with Gasteiger partial charge >= 0.3 is 5.97 Å². The molecule has 0 radical (unpaired) electrons. The fourth-order valence-electron chi connectivity index (χ4n) is 5.70. The van der Waals surface area contributed by atoms with Gasteiger partial charge in [0.15, 0.2) is 0 Å². The second-order valence-corrected chi connectivity index (χ2v) is 10.7. The number of rotatable bonds is 4. The molecular weight excluding hydrogens is 524 g/mol. The van der Waals surface area contributed by atoms with Crippen LogP contribution in [0.15, 0.2) is 103 Å². The van der Waals surface area contributed by atoms with Crippen LogP contribution in [-0.2, 0) is 37.1 Å². The zero-order valence-electron chi connectivity index (χ0n) is 23.5. The Morgan fingerprint density at radius 2 is 0.929 bits per heavy atom. The van der Waals surface area contributed by atoms with Crippen molar-refractivity contribution in [2.24, 2.45) is 0 Å². The molecule has 0 amide bonds. The quantitative estimate of drug-likeness (QED) is 0.176. The SMILES string of the molecule is CC(=O)Oc1c2cccc1Cc1cccc(c1O)Cc1cccc(c1OCc1ccccc1)Cc1cccc(c1O)C2. The molecule has 6 rings (SSSR count). The topological polar surface area (TPSA) is 76.0 Å². The van der Waals surface area contributed by atoms with E-state index in [0.29, 0.717) is 38.0 Å². The Hall–Kier alpha value is -5.03. The van der Waals surface area contributed by atoms with Crippen molar-refractivity contribution < 1.29 is 24.5 Å². The molecule has 2 N–H and O–H groups in total. The van der Waals surface area contributed by atoms with Crippen LogP contribution in [0.3, 0.4) is 0 Å². The van der Waals surface area contributed by atoms with Gasteiger partial charge in [0.1, 0.15) is 29.6 Å². The van der Waals surface area contributed by atoms with E-state index in [1.165, 1.54) is 6.92 Å². The monoisotopic (exact) mass is 556 g/mol. The number of para-hydroxylation sites is 4. The maximum atomic E-state index is 12.1. The van der Waals surface area contributed by atoms with Crippen LogP contribution in [0.4, 0.5) is 0 Å². The van der Waals surface area contributed by atoms with Gasteiger partial charge in [-0.05, 0) is 50.1 Å². The van der Waals surface area contributed by atoms with E-state index in [1.54, 1.807) is 0 Å². The first kappa shape index (κ1) is 27.2. The van der Waals surface area contributed by atoms with Gasteiger partial charge in [0, 0.05) is 32.6 Å². The Labute approximate surface area is 245 Å². The summed E-state index contributed by atoms with van der Waals surface area (Å²) >= 11 is 0. The zero-order valence-corrected chi connectivity index (χ0v) is 23.5. The Kier molecular flexibility index (Phi) is 7.65. The number of phenolic OH excluding ortho intramolecular Hbond substituents is 2. The van der Waals surface area contributed by atoms with Crippen molar-refractivity contribution in [3.63, 3.8) is 0 Å². The van der Waals surface area contributed by atoms with Crippen LogP contribution in [0.25, 0.3) is 0 Å². The van der Waals surface area contributed by atoms with Crippen molar-refractivity contribution in [3.8, 4) is 23.0 Å². The van der Waals surface area contributed by atoms with Crippen LogP contribution in [-0.4, -0.2) is 16.2 Å². The van der Waals surface area contributed by atoms with Crippen molar-refractivity contribution >= 4 is 5.97 Å². The number of aromatic hydroxyl groups is 2. The summed E-state index contributed by atoms with van der Waals surface area (Å²) in [6.07, 6.45) is 1.67. The minimum Gasteiger partial charge on any atom is -0.507 e. The van der Waals surface area contributed by atoms with Crippen molar-refractivity contribution in [3.05, 3.63) is 153 Å². The molecule has 0 spiro atoms. The average molecular weight is 557 g/mol. The third kappa shape index (κ3) is 5.72. The number of esters is 1. The fraction of sp³-hybridized carbons (Fsp3) is 0.162. The summed E-state index contributed by atoms with van der Waals surface area (Å²) in [6.45, 7) is 1.78. The summed E-state index contributed by atoms with van der Waals surface area (Å²) in [7, 11) is 0. The number of fused-ring (bicyclic) bond motifs is 8. The molecular formula is C37H32O5. The normalized spacial score (nSPS) is 12.4. The van der Waals surface area contributed by atoms with Gasteiger partial charge in [0.05, 0.1) is 0 Å². The summed E-state index contributed by atoms with van der Waals surface area (Å²) in [6, 6.07) is 33.3. The Bertz CT molecular complexity index is 1660. The lowest BCUT2D eigenvalue weighted by atomic mass is 9.91. The molecule has 5 aromatic rings. The molecule has 0 aliphatic heterocycles. The molecule has 0 unspecified atom stereocenters. The summed E-state index contributed by atoms with van der Waals surface area (Å²) in [5.74, 6) is 1.23. The van der Waals surface area contributed by atoms with Crippen LogP contribution in [0.5, 0.6) is 23.0 Å². The maximum absolute atomic E-state index is 12.1. The predicted octanol–water partition coefficient (Wildman–Crippen LogP) is 7.28. The zero-order chi connectivity index (χ0) is 29.1. The second-order valence-electron chi connectivity index (χ2n) is 10.7. The molecule has 0 saturated carbocycles. The van der Waals surface area contributed by atoms with Crippen LogP contribution < -0.4 is 9.47 Å². The second kappa shape index (κ2) is 11.8. The third-order valence-electron chi connectivity index (χ3n) is 7.76. The van der Waals surface area contributed by atoms with Crippen LogP contribution in [0.2, 0.25) is 0 Å². The van der Waals surface area contributed by atoms with E-state index < -0.39 is 5.97 Å². The minimum atomic E-state index is -0.421. The lowest BCUT2D eigenvalue weighted by Gasteiger charge is -2.20. The number of hydrogen-bond donors (Lipinski definition) is 2. The summed E-state index contributed by atoms with van der Waals surface area (Å²) in [4.78, 5) is 12.1. The first-order valence-corrected chi connectivity index (χ1v) is 14.1. The van der Waals surface area contributed by atoms with Crippen molar-refractivity contribution in [2.75, 3.05) is 0 Å². The number of hydrogen-bond acceptors (Lipinski definition) is 5. The van der Waals surface area contributed by atoms with E-state index in [4.69, 9.17) is 9.47 Å². The Balaban J connectivity index is 1.51. The van der Waals surface area contributed by atoms with Crippen molar-refractivity contribution in [1.29, 1.82) is 0 Å². The number of ether oxygens (including phenoxy) is 2. The first-order valence-electron chi connectivity index (χ1n) is 14.1. The van der Waals surface area contributed by atoms with Gasteiger partial charge in [0.25, 0.3) is 0 Å². The summed E-state index contributed by atoms with van der Waals surface area (Å²) in [5, 5.41) is 22.9. The highest BCUT2D eigenvalue weighted by Crippen LogP contribution is 2.38. The largest absolute Gasteiger partial charge is 0.507 e. The van der Waals surface area contributed by atoms with Gasteiger partial charge in [-0.2, -0.15) is 0 Å². The Morgan fingerprint density at radius 1 is 0.548 bits per heavy atom. The number of benzene rings is 5. The number of phenols is 2. The molecule has 0 saturated heterocycles. The van der Waals surface area contributed by atoms with E-state index in [1.807, 2.05) is 103 Å². The summed E-state index contributed by atoms with van der Waals surface area (Å²) < 4.78 is 12.2. The highest BCUT2D eigenvalue weighted by Gasteiger charge is 2.20. The lowest BCUT2D eigenvalue weighted by molar-refractivity contribution is -0.132. The van der Waals surface area contributed by atoms with E-state index in [2.05, 4.69) is 0 Å². The van der Waals surface area contributed by atoms with E-state index in [0.717, 1.165) is 55.8 Å². The van der Waals surface area contributed by atoms with Crippen LogP contribution in [0, 0.1) is 0 Å². The molecule has 0 fully saturated rings. The van der Waals surface area contributed by atoms with E-state index in [-0.39, 0.29) is 11.5 Å². The van der Waals surface area contributed by atoms with Crippen molar-refractivity contribution in [2.45, 2.75) is 39.2 Å². The van der Waals surface area contributed by atoms with E-state index >= 15 is 0 Å². The third-order valence-corrected chi connectivity index (χ3v) is 7.76. The molecule has 42 heavy (non-hydrogen) atoms. The number of carbonyl (C=O) groups is 1. The molecule has 5 nitrogen and oxygen atoms in total. The first-order chi connectivity index (χ1) is 20.5. The molecule has 5 aromatic carbocycles. The molecule has 0 aromatic heterocycles. The average Bonchev–Trinajstić information content (AvgIpc) is 2.98. The lowest BCUT2D eigenvalue weighted by Crippen LogP contribution is -2.08. The van der Waals surface area contributed by atoms with Crippen LogP contribution in [0.1, 0.15) is 57.0 Å². The minimum absolute atomic E-state index is 0.214. The molecule has 0 atom stereocenters. The van der Waals surface area contributed by atoms with Gasteiger partial charge in [-0.25, -0.2) is 0 Å². The highest BCUT2D eigenvalue weighted by molar-refractivity contribution is 5.71. The van der Waals surface area contributed by atoms with Gasteiger partial charge in [-0.3, -0.25) is 4.79 Å². The highest BCUT2D eigenvalue weighted by atomic mass is 16.5. The maximum Gasteiger partial charge on any atom is 0.308 e. The molecule has 1 aliphatic carbocycles. The van der Waals surface area contributed by atoms with Gasteiger partial charge in [0.2, 0.25) is 0 Å². The summed E-state index contributed by atoms with van der Waals surface area (Å²) in [5.41, 5.74) is 7.53. The smallest absolute Gasteiger partial charge is 0.308 e. The van der Waals surface area contributed by atoms with Crippen LogP contribution >= 0.6 is 0 Å². The fourth-order valence-corrected chi connectivity index (χ4v) is 5.70. The van der Waals surface area contributed by atoms with Gasteiger partial charge in [-0.1, -0.05) is 103 Å². The molecule has 1 aliphatic rings. The van der Waals surface area contributed by atoms with E-state index in [9.17, 15) is 15.0 Å². The molecule has 210 valence electrons. The molecule has 8 bridgehead atoms. The number of carbonyl (C=O) groups excluding carboxylic acids is 1. The van der Waals surface area contributed by atoms with Gasteiger partial charge < -0.3 is 19.7 Å². The molecule has 5 heteroatoms. The predicted molar refractivity (Wildman–Crippen MR) is 162 cm³/mol.